The number of hydrogen-bond donors (Lipinski definition) is 1. The summed E-state index contributed by atoms with van der Waals surface area (Å²) in [6, 6.07) is 0. The minimum atomic E-state index is -0.747. The highest BCUT2D eigenvalue weighted by atomic mass is 16.5. The minimum Gasteiger partial charge on any atom is -0.477 e. The van der Waals surface area contributed by atoms with E-state index in [1.54, 1.807) is 0 Å². The molecule has 11 heavy (non-hydrogen) atoms. The number of nitrogens with zero attached hydrogens (tertiary/aromatic N) is 1. The predicted octanol–water partition coefficient (Wildman–Crippen LogP) is 0.922. The Morgan fingerprint density at radius 2 is 2.55 bits per heavy atom. The first kappa shape index (κ1) is 7.10. The molecular formula is C8H13NO2. The van der Waals surface area contributed by atoms with Crippen LogP contribution in [0.1, 0.15) is 26.7 Å². The van der Waals surface area contributed by atoms with Crippen LogP contribution in [0, 0.1) is 5.92 Å². The second-order valence-electron chi connectivity index (χ2n) is 3.37. The molecule has 2 aliphatic rings. The summed E-state index contributed by atoms with van der Waals surface area (Å²) in [4.78, 5) is 4.11. The van der Waals surface area contributed by atoms with Gasteiger partial charge < -0.3 is 9.84 Å². The molecule has 0 aromatic heterocycles. The van der Waals surface area contributed by atoms with Crippen molar-refractivity contribution >= 4 is 5.90 Å². The molecule has 0 amide bonds. The Labute approximate surface area is 66.1 Å². The molecule has 1 aliphatic carbocycles. The molecule has 2 rings (SSSR count). The monoisotopic (exact) mass is 155 g/mol. The van der Waals surface area contributed by atoms with Crippen molar-refractivity contribution in [3.05, 3.63) is 0 Å². The van der Waals surface area contributed by atoms with E-state index in [9.17, 15) is 5.11 Å². The Morgan fingerprint density at radius 3 is 3.09 bits per heavy atom. The maximum absolute atomic E-state index is 9.65. The van der Waals surface area contributed by atoms with Crippen LogP contribution in [-0.2, 0) is 4.74 Å². The molecule has 62 valence electrons. The van der Waals surface area contributed by atoms with Gasteiger partial charge in [0.15, 0.2) is 11.6 Å². The Kier molecular flexibility index (Phi) is 1.27. The Balaban J connectivity index is 2.20. The van der Waals surface area contributed by atoms with E-state index in [1.807, 2.05) is 13.8 Å². The largest absolute Gasteiger partial charge is 0.477 e. The molecule has 1 aliphatic heterocycles. The van der Waals surface area contributed by atoms with E-state index in [1.165, 1.54) is 0 Å². The fourth-order valence-electron chi connectivity index (χ4n) is 1.64. The molecule has 0 bridgehead atoms. The first-order valence-electron chi connectivity index (χ1n) is 4.13. The average Bonchev–Trinajstić information content (AvgIpc) is 2.62. The number of aliphatic imine (C=N–C) groups is 1. The topological polar surface area (TPSA) is 41.8 Å². The summed E-state index contributed by atoms with van der Waals surface area (Å²) >= 11 is 0. The van der Waals surface area contributed by atoms with Crippen molar-refractivity contribution in [2.24, 2.45) is 10.9 Å². The number of rotatable bonds is 1. The molecule has 0 aromatic rings. The third-order valence-electron chi connectivity index (χ3n) is 2.46. The summed E-state index contributed by atoms with van der Waals surface area (Å²) in [5.74, 6) is 0.951. The summed E-state index contributed by atoms with van der Waals surface area (Å²) in [7, 11) is 0. The van der Waals surface area contributed by atoms with Crippen molar-refractivity contribution in [2.75, 3.05) is 0 Å². The summed E-state index contributed by atoms with van der Waals surface area (Å²) in [5.41, 5.74) is -0.747. The van der Waals surface area contributed by atoms with Crippen LogP contribution >= 0.6 is 0 Å². The van der Waals surface area contributed by atoms with Crippen molar-refractivity contribution in [3.63, 3.8) is 0 Å². The van der Waals surface area contributed by atoms with E-state index in [2.05, 4.69) is 4.99 Å². The third kappa shape index (κ3) is 0.948. The third-order valence-corrected chi connectivity index (χ3v) is 2.46. The fraction of sp³-hybridized carbons (Fsp3) is 0.875. The van der Waals surface area contributed by atoms with Gasteiger partial charge in [0.05, 0.1) is 0 Å². The van der Waals surface area contributed by atoms with E-state index in [4.69, 9.17) is 4.74 Å². The molecule has 1 fully saturated rings. The molecule has 0 radical (unpaired) electrons. The van der Waals surface area contributed by atoms with Gasteiger partial charge >= 0.3 is 0 Å². The Bertz CT molecular complexity index is 214. The highest BCUT2D eigenvalue weighted by molar-refractivity contribution is 5.77. The zero-order valence-corrected chi connectivity index (χ0v) is 6.87. The van der Waals surface area contributed by atoms with Gasteiger partial charge in [-0.1, -0.05) is 6.92 Å². The van der Waals surface area contributed by atoms with Gasteiger partial charge in [-0.2, -0.15) is 0 Å². The SMILES string of the molecule is CCC1=NC2(O)CC2C(C)O1. The van der Waals surface area contributed by atoms with Crippen LogP contribution in [0.3, 0.4) is 0 Å². The van der Waals surface area contributed by atoms with Crippen molar-refractivity contribution in [1.29, 1.82) is 0 Å². The van der Waals surface area contributed by atoms with E-state index in [-0.39, 0.29) is 12.0 Å². The van der Waals surface area contributed by atoms with Crippen LogP contribution in [0.4, 0.5) is 0 Å². The summed E-state index contributed by atoms with van der Waals surface area (Å²) in [6.07, 6.45) is 1.70. The van der Waals surface area contributed by atoms with Crippen molar-refractivity contribution in [1.82, 2.24) is 0 Å². The van der Waals surface area contributed by atoms with Crippen LogP contribution in [0.25, 0.3) is 0 Å². The number of aliphatic hydroxyl groups is 1. The van der Waals surface area contributed by atoms with Crippen LogP contribution in [-0.4, -0.2) is 22.8 Å². The van der Waals surface area contributed by atoms with Gasteiger partial charge in [-0.3, -0.25) is 0 Å². The number of ether oxygens (including phenoxy) is 1. The smallest absolute Gasteiger partial charge is 0.185 e. The maximum Gasteiger partial charge on any atom is 0.185 e. The van der Waals surface area contributed by atoms with Crippen molar-refractivity contribution < 1.29 is 9.84 Å². The second kappa shape index (κ2) is 1.97. The highest BCUT2D eigenvalue weighted by Gasteiger charge is 2.59. The highest BCUT2D eigenvalue weighted by Crippen LogP contribution is 2.50. The van der Waals surface area contributed by atoms with Gasteiger partial charge in [0.2, 0.25) is 0 Å². The quantitative estimate of drug-likeness (QED) is 0.611. The fourth-order valence-corrected chi connectivity index (χ4v) is 1.64. The predicted molar refractivity (Wildman–Crippen MR) is 41.3 cm³/mol. The van der Waals surface area contributed by atoms with Crippen molar-refractivity contribution in [3.8, 4) is 0 Å². The number of hydrogen-bond acceptors (Lipinski definition) is 3. The Morgan fingerprint density at radius 1 is 1.82 bits per heavy atom. The van der Waals surface area contributed by atoms with E-state index < -0.39 is 5.72 Å². The van der Waals surface area contributed by atoms with E-state index in [0.29, 0.717) is 5.90 Å². The molecule has 1 N–H and O–H groups in total. The minimum absolute atomic E-state index is 0.146. The van der Waals surface area contributed by atoms with Crippen LogP contribution in [0.2, 0.25) is 0 Å². The molecule has 0 saturated heterocycles. The summed E-state index contributed by atoms with van der Waals surface area (Å²) < 4.78 is 5.44. The summed E-state index contributed by atoms with van der Waals surface area (Å²) in [6.45, 7) is 3.98. The number of fused-ring (bicyclic) bond motifs is 1. The lowest BCUT2D eigenvalue weighted by Crippen LogP contribution is -2.28. The molecule has 0 spiro atoms. The van der Waals surface area contributed by atoms with Gasteiger partial charge in [-0.05, 0) is 6.92 Å². The van der Waals surface area contributed by atoms with Gasteiger partial charge in [-0.25, -0.2) is 4.99 Å². The second-order valence-corrected chi connectivity index (χ2v) is 3.37. The van der Waals surface area contributed by atoms with E-state index >= 15 is 0 Å². The zero-order chi connectivity index (χ0) is 8.06. The van der Waals surface area contributed by atoms with Gasteiger partial charge in [0, 0.05) is 18.8 Å². The lowest BCUT2D eigenvalue weighted by molar-refractivity contribution is 0.0636. The zero-order valence-electron chi connectivity index (χ0n) is 6.87. The molecule has 1 heterocycles. The van der Waals surface area contributed by atoms with Crippen LogP contribution in [0.15, 0.2) is 4.99 Å². The molecule has 3 unspecified atom stereocenters. The molecule has 3 nitrogen and oxygen atoms in total. The summed E-state index contributed by atoms with van der Waals surface area (Å²) in [5, 5.41) is 9.65. The molecule has 0 aromatic carbocycles. The van der Waals surface area contributed by atoms with Crippen molar-refractivity contribution in [2.45, 2.75) is 38.5 Å². The van der Waals surface area contributed by atoms with Crippen LogP contribution < -0.4 is 0 Å². The average molecular weight is 155 g/mol. The Hall–Kier alpha value is -0.570. The van der Waals surface area contributed by atoms with Gasteiger partial charge in [-0.15, -0.1) is 0 Å². The lowest BCUT2D eigenvalue weighted by Gasteiger charge is -2.22. The normalized spacial score (nSPS) is 47.4. The first-order valence-corrected chi connectivity index (χ1v) is 4.13. The molecular weight excluding hydrogens is 142 g/mol. The molecule has 3 heteroatoms. The molecule has 3 atom stereocenters. The van der Waals surface area contributed by atoms with Gasteiger partial charge in [0.1, 0.15) is 6.10 Å². The standard InChI is InChI=1S/C8H13NO2/c1-3-7-9-8(10)4-6(8)5(2)11-7/h5-6,10H,3-4H2,1-2H3. The first-order chi connectivity index (χ1) is 5.15. The molecule has 1 saturated carbocycles. The van der Waals surface area contributed by atoms with Gasteiger partial charge in [0.25, 0.3) is 0 Å². The maximum atomic E-state index is 9.65. The van der Waals surface area contributed by atoms with E-state index in [0.717, 1.165) is 12.8 Å². The van der Waals surface area contributed by atoms with Crippen LogP contribution in [0.5, 0.6) is 0 Å². The lowest BCUT2D eigenvalue weighted by atomic mass is 10.2.